The molecule has 1 aliphatic rings. The number of benzene rings is 1. The number of carbonyl (C=O) groups is 1. The predicted molar refractivity (Wildman–Crippen MR) is 85.3 cm³/mol. The van der Waals surface area contributed by atoms with Crippen molar-refractivity contribution in [2.75, 3.05) is 0 Å². The highest BCUT2D eigenvalue weighted by Gasteiger charge is 2.42. The molecule has 1 fully saturated rings. The molecule has 0 unspecified atom stereocenters. The Morgan fingerprint density at radius 1 is 1.25 bits per heavy atom. The molecule has 0 saturated heterocycles. The molecule has 1 saturated carbocycles. The van der Waals surface area contributed by atoms with E-state index >= 15 is 0 Å². The van der Waals surface area contributed by atoms with Crippen molar-refractivity contribution in [2.45, 2.75) is 45.6 Å². The number of hydrogen-bond donors (Lipinski definition) is 2. The smallest absolute Gasteiger partial charge is 0.233 e. The summed E-state index contributed by atoms with van der Waals surface area (Å²) in [5.74, 6) is -0.00900. The van der Waals surface area contributed by atoms with Crippen LogP contribution in [-0.4, -0.2) is 10.9 Å². The van der Waals surface area contributed by atoms with Crippen LogP contribution in [0.4, 0.5) is 0 Å². The predicted octanol–water partition coefficient (Wildman–Crippen LogP) is 2.85. The molecule has 0 bridgehead atoms. The zero-order valence-corrected chi connectivity index (χ0v) is 12.8. The lowest BCUT2D eigenvalue weighted by atomic mass is 9.73. The van der Waals surface area contributed by atoms with Gasteiger partial charge in [0, 0.05) is 6.54 Å². The van der Waals surface area contributed by atoms with Gasteiger partial charge in [0.2, 0.25) is 5.91 Å². The van der Waals surface area contributed by atoms with E-state index < -0.39 is 5.41 Å². The largest absolute Gasteiger partial charge is 0.392 e. The Bertz CT molecular complexity index is 490. The first-order valence-corrected chi connectivity index (χ1v) is 7.59. The zero-order chi connectivity index (χ0) is 14.6. The Hall–Kier alpha value is -1.42. The van der Waals surface area contributed by atoms with Crippen LogP contribution in [-0.2, 0) is 11.3 Å². The van der Waals surface area contributed by atoms with Gasteiger partial charge < -0.3 is 11.1 Å². The first-order valence-electron chi connectivity index (χ1n) is 7.18. The minimum Gasteiger partial charge on any atom is -0.392 e. The van der Waals surface area contributed by atoms with Crippen LogP contribution < -0.4 is 11.1 Å². The fraction of sp³-hybridized carbons (Fsp3) is 0.500. The van der Waals surface area contributed by atoms with Crippen molar-refractivity contribution in [3.05, 3.63) is 35.4 Å². The third-order valence-corrected chi connectivity index (χ3v) is 4.58. The van der Waals surface area contributed by atoms with Crippen LogP contribution in [0.2, 0.25) is 0 Å². The summed E-state index contributed by atoms with van der Waals surface area (Å²) in [5, 5.41) is 3.00. The molecular weight excluding hydrogens is 268 g/mol. The summed E-state index contributed by atoms with van der Waals surface area (Å²) < 4.78 is 0. The van der Waals surface area contributed by atoms with E-state index in [1.807, 2.05) is 31.2 Å². The summed E-state index contributed by atoms with van der Waals surface area (Å²) in [7, 11) is 0. The van der Waals surface area contributed by atoms with Crippen LogP contribution in [0.1, 0.15) is 43.2 Å². The number of thiocarbonyl (C=S) groups is 1. The average molecular weight is 290 g/mol. The van der Waals surface area contributed by atoms with Gasteiger partial charge in [0.1, 0.15) is 0 Å². The Morgan fingerprint density at radius 3 is 2.40 bits per heavy atom. The third kappa shape index (κ3) is 3.18. The lowest BCUT2D eigenvalue weighted by Crippen LogP contribution is -2.49. The molecule has 1 aromatic rings. The molecule has 2 rings (SSSR count). The van der Waals surface area contributed by atoms with Crippen molar-refractivity contribution < 1.29 is 4.79 Å². The van der Waals surface area contributed by atoms with E-state index in [-0.39, 0.29) is 5.91 Å². The van der Waals surface area contributed by atoms with E-state index in [9.17, 15) is 4.79 Å². The second-order valence-electron chi connectivity index (χ2n) is 5.68. The van der Waals surface area contributed by atoms with Crippen LogP contribution >= 0.6 is 12.2 Å². The van der Waals surface area contributed by atoms with Crippen molar-refractivity contribution in [2.24, 2.45) is 11.1 Å². The number of hydrogen-bond acceptors (Lipinski definition) is 2. The summed E-state index contributed by atoms with van der Waals surface area (Å²) in [6.07, 6.45) is 4.77. The van der Waals surface area contributed by atoms with Gasteiger partial charge in [-0.3, -0.25) is 4.79 Å². The van der Waals surface area contributed by atoms with Crippen molar-refractivity contribution in [3.8, 4) is 0 Å². The van der Waals surface area contributed by atoms with Gasteiger partial charge in [-0.2, -0.15) is 0 Å². The summed E-state index contributed by atoms with van der Waals surface area (Å²) in [6.45, 7) is 2.58. The lowest BCUT2D eigenvalue weighted by Gasteiger charge is -2.34. The average Bonchev–Trinajstić information content (AvgIpc) is 2.47. The second kappa shape index (κ2) is 6.35. The quantitative estimate of drug-likeness (QED) is 0.838. The molecule has 20 heavy (non-hydrogen) atoms. The number of amides is 1. The third-order valence-electron chi connectivity index (χ3n) is 4.19. The van der Waals surface area contributed by atoms with Gasteiger partial charge in [-0.15, -0.1) is 0 Å². The Morgan fingerprint density at radius 2 is 1.85 bits per heavy atom. The van der Waals surface area contributed by atoms with E-state index in [0.29, 0.717) is 11.5 Å². The summed E-state index contributed by atoms with van der Waals surface area (Å²) in [6, 6.07) is 8.16. The van der Waals surface area contributed by atoms with Crippen molar-refractivity contribution >= 4 is 23.1 Å². The molecular formula is C16H22N2OS. The SMILES string of the molecule is Cc1ccc(CNC(=O)C2(C(N)=S)CCCCC2)cc1. The lowest BCUT2D eigenvalue weighted by molar-refractivity contribution is -0.129. The maximum Gasteiger partial charge on any atom is 0.233 e. The van der Waals surface area contributed by atoms with Crippen molar-refractivity contribution in [3.63, 3.8) is 0 Å². The van der Waals surface area contributed by atoms with Crippen LogP contribution in [0.5, 0.6) is 0 Å². The highest BCUT2D eigenvalue weighted by Crippen LogP contribution is 2.37. The fourth-order valence-corrected chi connectivity index (χ4v) is 3.09. The van der Waals surface area contributed by atoms with Gasteiger partial charge in [0.15, 0.2) is 0 Å². The highest BCUT2D eigenvalue weighted by atomic mass is 32.1. The highest BCUT2D eigenvalue weighted by molar-refractivity contribution is 7.80. The van der Waals surface area contributed by atoms with Gasteiger partial charge in [-0.1, -0.05) is 61.3 Å². The maximum atomic E-state index is 12.5. The van der Waals surface area contributed by atoms with Crippen LogP contribution in [0, 0.1) is 12.3 Å². The summed E-state index contributed by atoms with van der Waals surface area (Å²) in [5.41, 5.74) is 7.55. The van der Waals surface area contributed by atoms with Gasteiger partial charge >= 0.3 is 0 Å². The normalized spacial score (nSPS) is 17.4. The molecule has 0 heterocycles. The Kier molecular flexibility index (Phi) is 4.76. The van der Waals surface area contributed by atoms with E-state index in [1.165, 1.54) is 5.56 Å². The van der Waals surface area contributed by atoms with Crippen molar-refractivity contribution in [1.29, 1.82) is 0 Å². The van der Waals surface area contributed by atoms with E-state index in [4.69, 9.17) is 18.0 Å². The number of rotatable bonds is 4. The monoisotopic (exact) mass is 290 g/mol. The van der Waals surface area contributed by atoms with E-state index in [1.54, 1.807) is 0 Å². The molecule has 0 spiro atoms. The van der Waals surface area contributed by atoms with Crippen molar-refractivity contribution in [1.82, 2.24) is 5.32 Å². The van der Waals surface area contributed by atoms with Crippen LogP contribution in [0.3, 0.4) is 0 Å². The molecule has 4 heteroatoms. The first kappa shape index (κ1) is 15.0. The molecule has 1 amide bonds. The topological polar surface area (TPSA) is 55.1 Å². The minimum absolute atomic E-state index is 0.00900. The van der Waals surface area contributed by atoms with E-state index in [2.05, 4.69) is 5.32 Å². The number of carbonyl (C=O) groups excluding carboxylic acids is 1. The van der Waals surface area contributed by atoms with Gasteiger partial charge in [0.05, 0.1) is 10.4 Å². The first-order chi connectivity index (χ1) is 9.54. The van der Waals surface area contributed by atoms with Gasteiger partial charge in [-0.25, -0.2) is 0 Å². The summed E-state index contributed by atoms with van der Waals surface area (Å²) >= 11 is 5.17. The van der Waals surface area contributed by atoms with Crippen LogP contribution in [0.15, 0.2) is 24.3 Å². The Balaban J connectivity index is 2.02. The molecule has 1 aliphatic carbocycles. The molecule has 3 N–H and O–H groups in total. The summed E-state index contributed by atoms with van der Waals surface area (Å²) in [4.78, 5) is 12.9. The fourth-order valence-electron chi connectivity index (χ4n) is 2.80. The van der Waals surface area contributed by atoms with E-state index in [0.717, 1.165) is 37.7 Å². The molecule has 108 valence electrons. The molecule has 0 atom stereocenters. The molecule has 0 aromatic heterocycles. The second-order valence-corrected chi connectivity index (χ2v) is 6.12. The maximum absolute atomic E-state index is 12.5. The van der Waals surface area contributed by atoms with Crippen LogP contribution in [0.25, 0.3) is 0 Å². The standard InChI is InChI=1S/C16H22N2OS/c1-12-5-7-13(8-6-12)11-18-15(19)16(14(17)20)9-3-2-4-10-16/h5-8H,2-4,9-11H2,1H3,(H2,17,20)(H,18,19). The zero-order valence-electron chi connectivity index (χ0n) is 11.9. The molecule has 1 aromatic carbocycles. The van der Waals surface area contributed by atoms with Gasteiger partial charge in [-0.05, 0) is 25.3 Å². The Labute approximate surface area is 125 Å². The molecule has 0 radical (unpaired) electrons. The number of aryl methyl sites for hydroxylation is 1. The number of nitrogens with one attached hydrogen (secondary N) is 1. The van der Waals surface area contributed by atoms with Gasteiger partial charge in [0.25, 0.3) is 0 Å². The number of nitrogens with two attached hydrogens (primary N) is 1. The molecule has 3 nitrogen and oxygen atoms in total. The minimum atomic E-state index is -0.627. The molecule has 0 aliphatic heterocycles.